The van der Waals surface area contributed by atoms with Gasteiger partial charge in [-0.25, -0.2) is 0 Å². The summed E-state index contributed by atoms with van der Waals surface area (Å²) in [6, 6.07) is 34.7. The summed E-state index contributed by atoms with van der Waals surface area (Å²) in [7, 11) is 0. The molecule has 6 aromatic rings. The molecular formula is C37H31K2N7O8. The first-order valence-corrected chi connectivity index (χ1v) is 14.7. The zero-order valence-electron chi connectivity index (χ0n) is 30.2. The van der Waals surface area contributed by atoms with E-state index in [4.69, 9.17) is 40.9 Å². The third kappa shape index (κ3) is 21.9. The molecule has 0 aliphatic heterocycles. The first kappa shape index (κ1) is 49.6. The molecule has 0 aliphatic carbocycles. The van der Waals surface area contributed by atoms with Crippen molar-refractivity contribution < 1.29 is 139 Å². The minimum absolute atomic E-state index is 0. The molecule has 6 rings (SSSR count). The number of nitrogens with zero attached hydrogens (tertiary/aromatic N) is 6. The minimum atomic E-state index is -0.527. The fraction of sp³-hybridized carbons (Fsp3) is 0.0270. The van der Waals surface area contributed by atoms with E-state index < -0.39 is 4.92 Å². The van der Waals surface area contributed by atoms with Crippen LogP contribution in [0.5, 0.6) is 28.7 Å². The van der Waals surface area contributed by atoms with Gasteiger partial charge in [-0.3, -0.25) is 29.9 Å². The fourth-order valence-electron chi connectivity index (χ4n) is 3.49. The van der Waals surface area contributed by atoms with Crippen LogP contribution in [0, 0.1) is 32.8 Å². The van der Waals surface area contributed by atoms with Crippen molar-refractivity contribution in [2.45, 2.75) is 6.54 Å². The number of carbonyl (C=O) groups excluding carboxylic acids is 1. The number of aromatic nitrogens is 3. The molecule has 0 aliphatic rings. The maximum absolute atomic E-state index is 10.2. The van der Waals surface area contributed by atoms with Crippen molar-refractivity contribution in [1.29, 1.82) is 10.5 Å². The number of nitro benzene ring substituents is 1. The Balaban J connectivity index is 0. The predicted molar refractivity (Wildman–Crippen MR) is 186 cm³/mol. The van der Waals surface area contributed by atoms with Crippen molar-refractivity contribution in [3.63, 3.8) is 0 Å². The Hall–Kier alpha value is -4.45. The Morgan fingerprint density at radius 2 is 1.19 bits per heavy atom. The second kappa shape index (κ2) is 31.0. The number of nitro groups is 1. The van der Waals surface area contributed by atoms with E-state index >= 15 is 0 Å². The number of ether oxygens (including phenoxy) is 2. The first-order valence-electron chi connectivity index (χ1n) is 14.7. The zero-order chi connectivity index (χ0) is 37.8. The van der Waals surface area contributed by atoms with Gasteiger partial charge < -0.3 is 31.9 Å². The smallest absolute Gasteiger partial charge is 1.00 e. The van der Waals surface area contributed by atoms with Crippen molar-refractivity contribution in [1.82, 2.24) is 15.0 Å². The van der Waals surface area contributed by atoms with Crippen LogP contribution < -0.4 is 123 Å². The molecule has 264 valence electrons. The van der Waals surface area contributed by atoms with Gasteiger partial charge in [0, 0.05) is 37.3 Å². The number of aromatic hydroxyl groups is 1. The summed E-state index contributed by atoms with van der Waals surface area (Å²) in [5.41, 5.74) is 7.43. The predicted octanol–water partition coefficient (Wildman–Crippen LogP) is -0.113. The number of benzene rings is 3. The summed E-state index contributed by atoms with van der Waals surface area (Å²) in [4.78, 5) is 32.4. The molecule has 0 amide bonds. The number of nitriles is 2. The molecule has 15 nitrogen and oxygen atoms in total. The van der Waals surface area contributed by atoms with Crippen molar-refractivity contribution in [3.8, 4) is 40.9 Å². The van der Waals surface area contributed by atoms with Crippen LogP contribution in [0.1, 0.15) is 18.1 Å². The van der Waals surface area contributed by atoms with E-state index in [0.717, 1.165) is 17.1 Å². The number of pyridine rings is 3. The monoisotopic (exact) mass is 779 g/mol. The van der Waals surface area contributed by atoms with E-state index in [1.165, 1.54) is 30.5 Å². The van der Waals surface area contributed by atoms with Gasteiger partial charge in [0.25, 0.3) is 12.2 Å². The van der Waals surface area contributed by atoms with E-state index in [1.807, 2.05) is 48.5 Å². The third-order valence-electron chi connectivity index (χ3n) is 5.71. The van der Waals surface area contributed by atoms with Crippen molar-refractivity contribution >= 4 is 12.2 Å². The van der Waals surface area contributed by atoms with Crippen LogP contribution in [-0.4, -0.2) is 31.5 Å². The molecule has 0 bridgehead atoms. The van der Waals surface area contributed by atoms with E-state index in [1.54, 1.807) is 73.4 Å². The van der Waals surface area contributed by atoms with Crippen LogP contribution in [0.4, 0.5) is 5.69 Å². The molecule has 0 unspecified atom stereocenters. The largest absolute Gasteiger partial charge is 1.00 e. The number of non-ortho nitro benzene ring substituents is 1. The van der Waals surface area contributed by atoms with E-state index in [2.05, 4.69) is 25.9 Å². The molecule has 0 saturated heterocycles. The summed E-state index contributed by atoms with van der Waals surface area (Å²) >= 11 is 0. The van der Waals surface area contributed by atoms with E-state index in [-0.39, 0.29) is 122 Å². The van der Waals surface area contributed by atoms with Gasteiger partial charge in [-0.05, 0) is 78.4 Å². The fourth-order valence-corrected chi connectivity index (χ4v) is 3.49. The molecule has 0 fully saturated rings. The molecule has 0 radical (unpaired) electrons. The molecule has 3 N–H and O–H groups in total. The SMILES string of the molecule is N#Cc1cccc(Oc2cccnc2)c1.N#Cc1cccc([N+](=O)[O-])c1.NCc1cccc(Oc2cccnc2)c1.O=CO[O-].Oc1cccnc1.[H-].[K+].[K+]. The summed E-state index contributed by atoms with van der Waals surface area (Å²) in [5, 5.41) is 44.2. The Kier molecular flexibility index (Phi) is 28.4. The van der Waals surface area contributed by atoms with Crippen molar-refractivity contribution in [2.24, 2.45) is 5.73 Å². The van der Waals surface area contributed by atoms with Gasteiger partial charge in [0.2, 0.25) is 0 Å². The summed E-state index contributed by atoms with van der Waals surface area (Å²) in [6.45, 7) is 0.338. The number of carbonyl (C=O) groups is 1. The van der Waals surface area contributed by atoms with Gasteiger partial charge in [-0.1, -0.05) is 24.3 Å². The summed E-state index contributed by atoms with van der Waals surface area (Å²) in [5.74, 6) is 3.02. The number of rotatable bonds is 7. The number of nitrogens with two attached hydrogens (primary N) is 1. The second-order valence-corrected chi connectivity index (χ2v) is 9.40. The molecule has 0 saturated carbocycles. The van der Waals surface area contributed by atoms with E-state index in [9.17, 15) is 10.1 Å². The molecule has 3 aromatic carbocycles. The third-order valence-corrected chi connectivity index (χ3v) is 5.71. The van der Waals surface area contributed by atoms with Crippen molar-refractivity contribution in [3.05, 3.63) is 173 Å². The summed E-state index contributed by atoms with van der Waals surface area (Å²) < 4.78 is 11.1. The molecule has 0 spiro atoms. The number of hydrogen-bond donors (Lipinski definition) is 2. The molecule has 0 atom stereocenters. The maximum Gasteiger partial charge on any atom is 1.00 e. The van der Waals surface area contributed by atoms with Gasteiger partial charge in [0.1, 0.15) is 28.7 Å². The van der Waals surface area contributed by atoms with Crippen LogP contribution >= 0.6 is 0 Å². The van der Waals surface area contributed by atoms with Crippen LogP contribution in [0.25, 0.3) is 0 Å². The molecule has 3 aromatic heterocycles. The molecule has 17 heteroatoms. The summed E-state index contributed by atoms with van der Waals surface area (Å²) in [6.07, 6.45) is 9.69. The van der Waals surface area contributed by atoms with Crippen LogP contribution in [0.2, 0.25) is 0 Å². The van der Waals surface area contributed by atoms with Crippen LogP contribution in [0.3, 0.4) is 0 Å². The zero-order valence-corrected chi connectivity index (χ0v) is 35.5. The quantitative estimate of drug-likeness (QED) is 0.0706. The normalized spacial score (nSPS) is 8.59. The molecular weight excluding hydrogens is 749 g/mol. The Bertz CT molecular complexity index is 2030. The van der Waals surface area contributed by atoms with Crippen molar-refractivity contribution in [2.75, 3.05) is 0 Å². The second-order valence-electron chi connectivity index (χ2n) is 9.40. The maximum atomic E-state index is 10.2. The average Bonchev–Trinajstić information content (AvgIpc) is 3.20. The molecule has 54 heavy (non-hydrogen) atoms. The van der Waals surface area contributed by atoms with Crippen LogP contribution in [0.15, 0.2) is 146 Å². The Morgan fingerprint density at radius 3 is 1.59 bits per heavy atom. The Morgan fingerprint density at radius 1 is 0.722 bits per heavy atom. The van der Waals surface area contributed by atoms with Gasteiger partial charge in [-0.2, -0.15) is 10.5 Å². The standard InChI is InChI=1S/C12H12N2O.C12H8N2O.C7H4N2O2.C5H5NO.CH2O3.2K.H/c2*13-8-10-3-1-4-11(7-10)15-12-5-2-6-14-9-12;8-5-6-2-1-3-7(4-6)9(10)11;7-5-2-1-3-6-4-5;2-1-4-3;;;/h1-7,9H,8,13H2;1-7,9H;1-4H;1-4,7H;1,3H;;;/q;;;;;2*+1;-1/p-1. The van der Waals surface area contributed by atoms with Crippen LogP contribution in [-0.2, 0) is 16.2 Å². The van der Waals surface area contributed by atoms with Gasteiger partial charge in [-0.15, -0.1) is 0 Å². The first-order chi connectivity index (χ1) is 25.3. The van der Waals surface area contributed by atoms with Gasteiger partial charge >= 0.3 is 103 Å². The Labute approximate surface area is 397 Å². The topological polar surface area (TPSA) is 243 Å². The van der Waals surface area contributed by atoms with Gasteiger partial charge in [0.05, 0.1) is 46.8 Å². The minimum Gasteiger partial charge on any atom is -1.00 e. The van der Waals surface area contributed by atoms with E-state index in [0.29, 0.717) is 29.2 Å². The molecule has 3 heterocycles. The average molecular weight is 780 g/mol. The number of hydrogen-bond acceptors (Lipinski definition) is 14. The van der Waals surface area contributed by atoms with Gasteiger partial charge in [0.15, 0.2) is 0 Å².